The number of thiazole rings is 1. The summed E-state index contributed by atoms with van der Waals surface area (Å²) in [6.07, 6.45) is 7.24. The summed E-state index contributed by atoms with van der Waals surface area (Å²) in [5.41, 5.74) is 1.18. The summed E-state index contributed by atoms with van der Waals surface area (Å²) >= 11 is 1.78. The van der Waals surface area contributed by atoms with E-state index in [1.165, 1.54) is 10.4 Å². The zero-order valence-electron chi connectivity index (χ0n) is 14.7. The Morgan fingerprint density at radius 1 is 1.38 bits per heavy atom. The summed E-state index contributed by atoms with van der Waals surface area (Å²) in [6, 6.07) is 0. The molecule has 2 atom stereocenters. The third kappa shape index (κ3) is 3.96. The molecular weight excluding hydrogens is 322 g/mol. The number of aromatic nitrogens is 3. The van der Waals surface area contributed by atoms with Gasteiger partial charge in [-0.2, -0.15) is 5.10 Å². The van der Waals surface area contributed by atoms with E-state index in [1.807, 2.05) is 24.1 Å². The van der Waals surface area contributed by atoms with E-state index in [0.29, 0.717) is 5.92 Å². The fourth-order valence-corrected chi connectivity index (χ4v) is 4.21. The Morgan fingerprint density at radius 3 is 2.92 bits per heavy atom. The molecule has 0 saturated carbocycles. The Bertz CT molecular complexity index is 636. The fourth-order valence-electron chi connectivity index (χ4n) is 3.20. The highest BCUT2D eigenvalue weighted by Crippen LogP contribution is 2.33. The maximum absolute atomic E-state index is 5.92. The molecule has 1 saturated heterocycles. The maximum Gasteiger partial charge on any atom is 0.185 e. The van der Waals surface area contributed by atoms with Crippen LogP contribution in [0.25, 0.3) is 0 Å². The molecule has 24 heavy (non-hydrogen) atoms. The van der Waals surface area contributed by atoms with Gasteiger partial charge in [0.05, 0.1) is 12.3 Å². The van der Waals surface area contributed by atoms with Crippen LogP contribution >= 0.6 is 11.3 Å². The molecule has 0 radical (unpaired) electrons. The first kappa shape index (κ1) is 17.4. The Morgan fingerprint density at radius 2 is 2.21 bits per heavy atom. The first-order chi connectivity index (χ1) is 11.7. The zero-order valence-corrected chi connectivity index (χ0v) is 15.6. The van der Waals surface area contributed by atoms with E-state index in [4.69, 9.17) is 4.74 Å². The zero-order chi connectivity index (χ0) is 16.9. The van der Waals surface area contributed by atoms with Crippen LogP contribution in [0.3, 0.4) is 0 Å². The van der Waals surface area contributed by atoms with Crippen LogP contribution in [0.2, 0.25) is 0 Å². The minimum Gasteiger partial charge on any atom is -0.373 e. The van der Waals surface area contributed by atoms with E-state index in [-0.39, 0.29) is 6.10 Å². The van der Waals surface area contributed by atoms with Gasteiger partial charge in [-0.15, -0.1) is 11.3 Å². The molecule has 3 heterocycles. The van der Waals surface area contributed by atoms with Crippen LogP contribution in [0.5, 0.6) is 0 Å². The number of nitrogens with zero attached hydrogens (tertiary/aromatic N) is 4. The monoisotopic (exact) mass is 349 g/mol. The number of hydrogen-bond acceptors (Lipinski definition) is 6. The third-order valence-corrected chi connectivity index (χ3v) is 5.61. The molecular formula is C17H27N5OS. The van der Waals surface area contributed by atoms with Crippen LogP contribution in [0.15, 0.2) is 18.6 Å². The van der Waals surface area contributed by atoms with Crippen molar-refractivity contribution in [3.8, 4) is 0 Å². The molecule has 3 rings (SSSR count). The Labute approximate surface area is 147 Å². The van der Waals surface area contributed by atoms with Gasteiger partial charge in [-0.05, 0) is 20.3 Å². The second kappa shape index (κ2) is 8.09. The molecule has 0 aromatic carbocycles. The van der Waals surface area contributed by atoms with Crippen molar-refractivity contribution < 1.29 is 4.74 Å². The smallest absolute Gasteiger partial charge is 0.185 e. The topological polar surface area (TPSA) is 55.2 Å². The molecule has 0 bridgehead atoms. The molecule has 132 valence electrons. The third-order valence-electron chi connectivity index (χ3n) is 4.55. The lowest BCUT2D eigenvalue weighted by atomic mass is 9.97. The van der Waals surface area contributed by atoms with Gasteiger partial charge in [0, 0.05) is 68.6 Å². The van der Waals surface area contributed by atoms with Crippen molar-refractivity contribution in [1.29, 1.82) is 0 Å². The molecule has 0 amide bonds. The Hall–Kier alpha value is -1.44. The average molecular weight is 350 g/mol. The normalized spacial score (nSPS) is 20.6. The first-order valence-electron chi connectivity index (χ1n) is 8.71. The standard InChI is InChI=1S/C17H27N5OS/c1-4-22(5-2)17-19-11-15(24-17)10-18-8-13-6-7-23-16(13)14-9-20-21(3)12-14/h9,11-13,16,18H,4-8,10H2,1-3H3/t13-,16+/m0/s1. The Kier molecular flexibility index (Phi) is 5.86. The molecule has 1 N–H and O–H groups in total. The number of anilines is 1. The van der Waals surface area contributed by atoms with E-state index in [1.54, 1.807) is 11.3 Å². The lowest BCUT2D eigenvalue weighted by molar-refractivity contribution is 0.0904. The van der Waals surface area contributed by atoms with Gasteiger partial charge in [-0.25, -0.2) is 4.98 Å². The summed E-state index contributed by atoms with van der Waals surface area (Å²) in [7, 11) is 1.95. The van der Waals surface area contributed by atoms with Crippen LogP contribution in [0.4, 0.5) is 5.13 Å². The van der Waals surface area contributed by atoms with Gasteiger partial charge in [-0.3, -0.25) is 4.68 Å². The minimum absolute atomic E-state index is 0.166. The van der Waals surface area contributed by atoms with Crippen molar-refractivity contribution in [2.24, 2.45) is 13.0 Å². The van der Waals surface area contributed by atoms with Crippen molar-refractivity contribution in [3.63, 3.8) is 0 Å². The van der Waals surface area contributed by atoms with Crippen LogP contribution < -0.4 is 10.2 Å². The summed E-state index contributed by atoms with van der Waals surface area (Å²) in [6.45, 7) is 9.00. The van der Waals surface area contributed by atoms with Crippen molar-refractivity contribution in [1.82, 2.24) is 20.1 Å². The van der Waals surface area contributed by atoms with Gasteiger partial charge in [-0.1, -0.05) is 0 Å². The molecule has 1 fully saturated rings. The fraction of sp³-hybridized carbons (Fsp3) is 0.647. The average Bonchev–Trinajstić information content (AvgIpc) is 3.30. The number of nitrogens with one attached hydrogen (secondary N) is 1. The largest absolute Gasteiger partial charge is 0.373 e. The van der Waals surface area contributed by atoms with Gasteiger partial charge < -0.3 is 15.0 Å². The van der Waals surface area contributed by atoms with Gasteiger partial charge >= 0.3 is 0 Å². The first-order valence-corrected chi connectivity index (χ1v) is 9.53. The number of aryl methyl sites for hydroxylation is 1. The van der Waals surface area contributed by atoms with Gasteiger partial charge in [0.15, 0.2) is 5.13 Å². The van der Waals surface area contributed by atoms with Gasteiger partial charge in [0.25, 0.3) is 0 Å². The van der Waals surface area contributed by atoms with Crippen molar-refractivity contribution >= 4 is 16.5 Å². The quantitative estimate of drug-likeness (QED) is 0.794. The SMILES string of the molecule is CCN(CC)c1ncc(CNC[C@@H]2CCO[C@H]2c2cnn(C)c2)s1. The molecule has 6 nitrogen and oxygen atoms in total. The van der Waals surface area contributed by atoms with Crippen molar-refractivity contribution in [3.05, 3.63) is 29.0 Å². The van der Waals surface area contributed by atoms with E-state index in [0.717, 1.165) is 44.3 Å². The molecule has 0 spiro atoms. The van der Waals surface area contributed by atoms with Crippen LogP contribution in [0, 0.1) is 5.92 Å². The maximum atomic E-state index is 5.92. The van der Waals surface area contributed by atoms with Crippen LogP contribution in [-0.4, -0.2) is 41.0 Å². The predicted octanol–water partition coefficient (Wildman–Crippen LogP) is 2.59. The molecule has 0 aliphatic carbocycles. The highest BCUT2D eigenvalue weighted by Gasteiger charge is 2.30. The molecule has 2 aromatic heterocycles. The van der Waals surface area contributed by atoms with Gasteiger partial charge in [0.2, 0.25) is 0 Å². The second-order valence-electron chi connectivity index (χ2n) is 6.20. The number of rotatable bonds is 8. The number of hydrogen-bond donors (Lipinski definition) is 1. The predicted molar refractivity (Wildman–Crippen MR) is 97.4 cm³/mol. The summed E-state index contributed by atoms with van der Waals surface area (Å²) in [4.78, 5) is 8.12. The molecule has 1 aliphatic rings. The van der Waals surface area contributed by atoms with Crippen LogP contribution in [-0.2, 0) is 18.3 Å². The number of ether oxygens (including phenoxy) is 1. The molecule has 7 heteroatoms. The van der Waals surface area contributed by atoms with Gasteiger partial charge in [0.1, 0.15) is 0 Å². The minimum atomic E-state index is 0.166. The Balaban J connectivity index is 1.51. The summed E-state index contributed by atoms with van der Waals surface area (Å²) in [5.74, 6) is 0.504. The van der Waals surface area contributed by atoms with Crippen molar-refractivity contribution in [2.75, 3.05) is 31.1 Å². The van der Waals surface area contributed by atoms with E-state index in [2.05, 4.69) is 40.3 Å². The summed E-state index contributed by atoms with van der Waals surface area (Å²) in [5, 5.41) is 8.97. The second-order valence-corrected chi connectivity index (χ2v) is 7.29. The van der Waals surface area contributed by atoms with E-state index in [9.17, 15) is 0 Å². The molecule has 0 unspecified atom stereocenters. The van der Waals surface area contributed by atoms with E-state index < -0.39 is 0 Å². The lowest BCUT2D eigenvalue weighted by Gasteiger charge is -2.17. The summed E-state index contributed by atoms with van der Waals surface area (Å²) < 4.78 is 7.76. The van der Waals surface area contributed by atoms with Crippen molar-refractivity contribution in [2.45, 2.75) is 32.9 Å². The highest BCUT2D eigenvalue weighted by atomic mass is 32.1. The van der Waals surface area contributed by atoms with E-state index >= 15 is 0 Å². The molecule has 1 aliphatic heterocycles. The molecule has 2 aromatic rings. The highest BCUT2D eigenvalue weighted by molar-refractivity contribution is 7.15. The lowest BCUT2D eigenvalue weighted by Crippen LogP contribution is -2.24. The van der Waals surface area contributed by atoms with Crippen LogP contribution in [0.1, 0.15) is 36.8 Å².